The average Bonchev–Trinajstić information content (AvgIpc) is 2.46. The van der Waals surface area contributed by atoms with Crippen molar-refractivity contribution in [1.29, 1.82) is 0 Å². The maximum absolute atomic E-state index is 11.7. The predicted molar refractivity (Wildman–Crippen MR) is 49.3 cm³/mol. The Labute approximate surface area is 80.1 Å². The first kappa shape index (κ1) is 8.45. The summed E-state index contributed by atoms with van der Waals surface area (Å²) >= 11 is 3.43. The number of ether oxygens (including phenoxy) is 1. The van der Waals surface area contributed by atoms with E-state index in [9.17, 15) is 4.79 Å². The van der Waals surface area contributed by atoms with Gasteiger partial charge in [0.05, 0.1) is 12.2 Å². The molecule has 0 aromatic heterocycles. The van der Waals surface area contributed by atoms with Gasteiger partial charge in [-0.3, -0.25) is 4.79 Å². The minimum atomic E-state index is -0.518. The van der Waals surface area contributed by atoms with Crippen LogP contribution in [-0.4, -0.2) is 22.3 Å². The first-order chi connectivity index (χ1) is 5.53. The highest BCUT2D eigenvalue weighted by Gasteiger charge is 2.50. The van der Waals surface area contributed by atoms with E-state index in [4.69, 9.17) is 4.74 Å². The van der Waals surface area contributed by atoms with Gasteiger partial charge in [-0.2, -0.15) is 0 Å². The van der Waals surface area contributed by atoms with Crippen molar-refractivity contribution in [3.8, 4) is 0 Å². The largest absolute Gasteiger partial charge is 0.364 e. The molecule has 0 amide bonds. The zero-order valence-electron chi connectivity index (χ0n) is 7.08. The Bertz CT molecular complexity index is 257. The maximum Gasteiger partial charge on any atom is 0.157 e. The summed E-state index contributed by atoms with van der Waals surface area (Å²) in [6.07, 6.45) is 3.89. The van der Waals surface area contributed by atoms with Gasteiger partial charge in [-0.15, -0.1) is 0 Å². The molecular formula is C9H11BrO2. The highest BCUT2D eigenvalue weighted by Crippen LogP contribution is 2.40. The molecule has 0 saturated carbocycles. The molecule has 3 heteroatoms. The van der Waals surface area contributed by atoms with E-state index in [0.717, 1.165) is 0 Å². The molecule has 66 valence electrons. The summed E-state index contributed by atoms with van der Waals surface area (Å²) in [4.78, 5) is 11.7. The third-order valence-electron chi connectivity index (χ3n) is 2.70. The number of carbonyl (C=O) groups is 1. The van der Waals surface area contributed by atoms with E-state index in [1.54, 1.807) is 0 Å². The fourth-order valence-corrected chi connectivity index (χ4v) is 2.42. The van der Waals surface area contributed by atoms with Gasteiger partial charge in [0.1, 0.15) is 4.32 Å². The number of carbonyl (C=O) groups excluding carboxylic acids is 1. The van der Waals surface area contributed by atoms with E-state index in [2.05, 4.69) is 15.9 Å². The number of halogens is 1. The van der Waals surface area contributed by atoms with Crippen LogP contribution in [0.15, 0.2) is 12.2 Å². The molecule has 0 aromatic rings. The predicted octanol–water partition coefficient (Wildman–Crippen LogP) is 1.68. The molecule has 1 saturated heterocycles. The first-order valence-electron chi connectivity index (χ1n) is 4.10. The number of rotatable bonds is 0. The van der Waals surface area contributed by atoms with Crippen molar-refractivity contribution < 1.29 is 9.53 Å². The van der Waals surface area contributed by atoms with Crippen LogP contribution in [0.25, 0.3) is 0 Å². The molecule has 0 radical (unpaired) electrons. The highest BCUT2D eigenvalue weighted by molar-refractivity contribution is 9.10. The third kappa shape index (κ3) is 0.927. The van der Waals surface area contributed by atoms with Gasteiger partial charge in [0, 0.05) is 5.92 Å². The molecule has 2 aliphatic rings. The Balaban J connectivity index is 2.38. The number of fused-ring (bicyclic) bond motifs is 2. The molecular weight excluding hydrogens is 220 g/mol. The van der Waals surface area contributed by atoms with Crippen LogP contribution in [0.3, 0.4) is 0 Å². The molecule has 0 N–H and O–H groups in total. The average molecular weight is 231 g/mol. The SMILES string of the molecule is C[C@@H]1C(=O)[C@](C)(Br)[C@@H]2C=C[C@H]1O2. The number of alkyl halides is 1. The van der Waals surface area contributed by atoms with Gasteiger partial charge in [0.2, 0.25) is 0 Å². The van der Waals surface area contributed by atoms with Gasteiger partial charge < -0.3 is 4.74 Å². The van der Waals surface area contributed by atoms with Gasteiger partial charge in [-0.25, -0.2) is 0 Å². The Morgan fingerprint density at radius 1 is 1.58 bits per heavy atom. The molecule has 0 aromatic carbocycles. The van der Waals surface area contributed by atoms with Crippen molar-refractivity contribution in [3.63, 3.8) is 0 Å². The normalized spacial score (nSPS) is 51.6. The Morgan fingerprint density at radius 2 is 2.25 bits per heavy atom. The molecule has 0 aliphatic carbocycles. The van der Waals surface area contributed by atoms with Crippen molar-refractivity contribution in [2.45, 2.75) is 30.4 Å². The van der Waals surface area contributed by atoms with Crippen molar-refractivity contribution in [2.24, 2.45) is 5.92 Å². The minimum absolute atomic E-state index is 0.00752. The van der Waals surface area contributed by atoms with Gasteiger partial charge in [-0.05, 0) is 6.92 Å². The Morgan fingerprint density at radius 3 is 2.92 bits per heavy atom. The van der Waals surface area contributed by atoms with Crippen LogP contribution < -0.4 is 0 Å². The quantitative estimate of drug-likeness (QED) is 0.468. The molecule has 1 fully saturated rings. The molecule has 0 spiro atoms. The van der Waals surface area contributed by atoms with Crippen molar-refractivity contribution >= 4 is 21.7 Å². The summed E-state index contributed by atoms with van der Waals surface area (Å²) in [5, 5.41) is 0. The van der Waals surface area contributed by atoms with Crippen LogP contribution in [0, 0.1) is 5.92 Å². The molecule has 2 aliphatic heterocycles. The molecule has 2 bridgehead atoms. The third-order valence-corrected chi connectivity index (χ3v) is 3.54. The summed E-state index contributed by atoms with van der Waals surface area (Å²) in [6, 6.07) is 0. The van der Waals surface area contributed by atoms with Crippen LogP contribution in [-0.2, 0) is 9.53 Å². The molecule has 12 heavy (non-hydrogen) atoms. The van der Waals surface area contributed by atoms with E-state index < -0.39 is 4.32 Å². The van der Waals surface area contributed by atoms with E-state index in [0.29, 0.717) is 0 Å². The van der Waals surface area contributed by atoms with Gasteiger partial charge in [0.15, 0.2) is 5.78 Å². The number of Topliss-reactive ketones (excluding diaryl/α,β-unsaturated/α-hetero) is 1. The van der Waals surface area contributed by atoms with Crippen LogP contribution in [0.1, 0.15) is 13.8 Å². The summed E-state index contributed by atoms with van der Waals surface area (Å²) in [5.41, 5.74) is 0. The molecule has 4 atom stereocenters. The fourth-order valence-electron chi connectivity index (χ4n) is 1.80. The number of hydrogen-bond donors (Lipinski definition) is 0. The summed E-state index contributed by atoms with van der Waals surface area (Å²) in [6.45, 7) is 3.79. The summed E-state index contributed by atoms with van der Waals surface area (Å²) in [5.74, 6) is 0.220. The molecule has 2 nitrogen and oxygen atoms in total. The van der Waals surface area contributed by atoms with Crippen molar-refractivity contribution in [1.82, 2.24) is 0 Å². The van der Waals surface area contributed by atoms with E-state index >= 15 is 0 Å². The standard InChI is InChI=1S/C9H11BrO2/c1-5-6-3-4-7(12-6)9(2,10)8(5)11/h3-7H,1-2H3/t5-,6+,7-,9+/m0/s1. The van der Waals surface area contributed by atoms with Crippen LogP contribution in [0.4, 0.5) is 0 Å². The second-order valence-electron chi connectivity index (χ2n) is 3.63. The van der Waals surface area contributed by atoms with E-state index in [1.165, 1.54) is 0 Å². The summed E-state index contributed by atoms with van der Waals surface area (Å²) in [7, 11) is 0. The lowest BCUT2D eigenvalue weighted by Crippen LogP contribution is -2.51. The Hall–Kier alpha value is -0.150. The number of hydrogen-bond acceptors (Lipinski definition) is 2. The van der Waals surface area contributed by atoms with Gasteiger partial charge in [0.25, 0.3) is 0 Å². The molecule has 0 unspecified atom stereocenters. The van der Waals surface area contributed by atoms with Gasteiger partial charge in [-0.1, -0.05) is 35.0 Å². The maximum atomic E-state index is 11.7. The molecule has 2 rings (SSSR count). The van der Waals surface area contributed by atoms with E-state index in [1.807, 2.05) is 26.0 Å². The minimum Gasteiger partial charge on any atom is -0.364 e. The van der Waals surface area contributed by atoms with Gasteiger partial charge >= 0.3 is 0 Å². The molecule has 2 heterocycles. The first-order valence-corrected chi connectivity index (χ1v) is 4.90. The second kappa shape index (κ2) is 2.42. The monoisotopic (exact) mass is 230 g/mol. The second-order valence-corrected chi connectivity index (χ2v) is 5.28. The van der Waals surface area contributed by atoms with E-state index in [-0.39, 0.29) is 23.9 Å². The topological polar surface area (TPSA) is 26.3 Å². The number of ketones is 1. The zero-order valence-corrected chi connectivity index (χ0v) is 8.67. The lowest BCUT2D eigenvalue weighted by molar-refractivity contribution is -0.139. The highest BCUT2D eigenvalue weighted by atomic mass is 79.9. The van der Waals surface area contributed by atoms with Crippen LogP contribution >= 0.6 is 15.9 Å². The smallest absolute Gasteiger partial charge is 0.157 e. The lowest BCUT2D eigenvalue weighted by atomic mass is 9.88. The summed E-state index contributed by atoms with van der Waals surface area (Å²) < 4.78 is 5.10. The van der Waals surface area contributed by atoms with Crippen molar-refractivity contribution in [3.05, 3.63) is 12.2 Å². The van der Waals surface area contributed by atoms with Crippen molar-refractivity contribution in [2.75, 3.05) is 0 Å². The van der Waals surface area contributed by atoms with Crippen LogP contribution in [0.2, 0.25) is 0 Å². The lowest BCUT2D eigenvalue weighted by Gasteiger charge is -2.36. The Kier molecular flexibility index (Phi) is 1.70. The fraction of sp³-hybridized carbons (Fsp3) is 0.667. The zero-order chi connectivity index (χ0) is 8.93. The van der Waals surface area contributed by atoms with Crippen LogP contribution in [0.5, 0.6) is 0 Å².